The Balaban J connectivity index is 0.00000121. The summed E-state index contributed by atoms with van der Waals surface area (Å²) < 4.78 is 0. The normalized spacial score (nSPS) is 8.83. The standard InChI is InChI=1S/C8H13N3.ClH/c1-11(2)6-3-4-7(9)8(10)5-6;/h3-5H,9-10H2,1-2H3;1H. The molecular weight excluding hydrogens is 174 g/mol. The molecule has 0 amide bonds. The summed E-state index contributed by atoms with van der Waals surface area (Å²) in [7, 11) is 3.93. The number of benzene rings is 1. The van der Waals surface area contributed by atoms with Crippen LogP contribution in [-0.2, 0) is 0 Å². The van der Waals surface area contributed by atoms with Crippen LogP contribution in [0.1, 0.15) is 0 Å². The van der Waals surface area contributed by atoms with E-state index in [4.69, 9.17) is 11.5 Å². The molecule has 0 fully saturated rings. The van der Waals surface area contributed by atoms with Gasteiger partial charge in [-0.15, -0.1) is 12.4 Å². The lowest BCUT2D eigenvalue weighted by Crippen LogP contribution is -2.09. The Morgan fingerprint density at radius 1 is 1.08 bits per heavy atom. The first-order chi connectivity index (χ1) is 5.11. The maximum atomic E-state index is 5.61. The maximum Gasteiger partial charge on any atom is 0.0568 e. The number of hydrogen-bond donors (Lipinski definition) is 2. The smallest absolute Gasteiger partial charge is 0.0568 e. The van der Waals surface area contributed by atoms with Gasteiger partial charge in [-0.3, -0.25) is 0 Å². The summed E-state index contributed by atoms with van der Waals surface area (Å²) >= 11 is 0. The van der Waals surface area contributed by atoms with Crippen molar-refractivity contribution in [3.63, 3.8) is 0 Å². The number of nitrogen functional groups attached to an aromatic ring is 2. The molecule has 0 saturated heterocycles. The summed E-state index contributed by atoms with van der Waals surface area (Å²) in [4.78, 5) is 1.98. The Morgan fingerprint density at radius 3 is 2.08 bits per heavy atom. The van der Waals surface area contributed by atoms with Crippen LogP contribution in [-0.4, -0.2) is 14.1 Å². The van der Waals surface area contributed by atoms with Crippen molar-refractivity contribution in [1.82, 2.24) is 0 Å². The van der Waals surface area contributed by atoms with Crippen LogP contribution >= 0.6 is 12.4 Å². The van der Waals surface area contributed by atoms with Gasteiger partial charge in [0.15, 0.2) is 0 Å². The van der Waals surface area contributed by atoms with E-state index in [1.54, 1.807) is 0 Å². The van der Waals surface area contributed by atoms with Crippen molar-refractivity contribution in [2.75, 3.05) is 30.5 Å². The second-order valence-corrected chi connectivity index (χ2v) is 2.71. The lowest BCUT2D eigenvalue weighted by molar-refractivity contribution is 1.13. The second-order valence-electron chi connectivity index (χ2n) is 2.71. The topological polar surface area (TPSA) is 55.3 Å². The highest BCUT2D eigenvalue weighted by Gasteiger charge is 1.97. The lowest BCUT2D eigenvalue weighted by atomic mass is 10.2. The number of nitrogens with two attached hydrogens (primary N) is 2. The highest BCUT2D eigenvalue weighted by molar-refractivity contribution is 5.85. The molecule has 0 aliphatic heterocycles. The highest BCUT2D eigenvalue weighted by Crippen LogP contribution is 2.20. The molecule has 0 heterocycles. The summed E-state index contributed by atoms with van der Waals surface area (Å²) in [5, 5.41) is 0. The van der Waals surface area contributed by atoms with Crippen LogP contribution in [0, 0.1) is 0 Å². The van der Waals surface area contributed by atoms with E-state index in [9.17, 15) is 0 Å². The summed E-state index contributed by atoms with van der Waals surface area (Å²) in [5.41, 5.74) is 13.5. The third-order valence-corrected chi connectivity index (χ3v) is 1.59. The Labute approximate surface area is 78.8 Å². The van der Waals surface area contributed by atoms with E-state index in [1.807, 2.05) is 37.2 Å². The molecule has 3 nitrogen and oxygen atoms in total. The molecular formula is C8H14ClN3. The number of anilines is 3. The third-order valence-electron chi connectivity index (χ3n) is 1.59. The van der Waals surface area contributed by atoms with Crippen molar-refractivity contribution >= 4 is 29.5 Å². The average molecular weight is 188 g/mol. The maximum absolute atomic E-state index is 5.61. The van der Waals surface area contributed by atoms with Crippen LogP contribution in [0.3, 0.4) is 0 Å². The van der Waals surface area contributed by atoms with Crippen LogP contribution in [0.15, 0.2) is 18.2 Å². The van der Waals surface area contributed by atoms with Gasteiger partial charge in [-0.25, -0.2) is 0 Å². The number of rotatable bonds is 1. The quantitative estimate of drug-likeness (QED) is 0.653. The van der Waals surface area contributed by atoms with Crippen LogP contribution < -0.4 is 16.4 Å². The van der Waals surface area contributed by atoms with Gasteiger partial charge in [-0.1, -0.05) is 0 Å². The molecule has 4 N–H and O–H groups in total. The molecule has 4 heteroatoms. The largest absolute Gasteiger partial charge is 0.397 e. The Kier molecular flexibility index (Phi) is 3.70. The molecule has 0 bridgehead atoms. The van der Waals surface area contributed by atoms with Gasteiger partial charge in [0.05, 0.1) is 11.4 Å². The van der Waals surface area contributed by atoms with Gasteiger partial charge in [0, 0.05) is 19.8 Å². The highest BCUT2D eigenvalue weighted by atomic mass is 35.5. The summed E-state index contributed by atoms with van der Waals surface area (Å²) in [6, 6.07) is 5.60. The molecule has 12 heavy (non-hydrogen) atoms. The van der Waals surface area contributed by atoms with E-state index in [1.165, 1.54) is 0 Å². The summed E-state index contributed by atoms with van der Waals surface area (Å²) in [5.74, 6) is 0. The summed E-state index contributed by atoms with van der Waals surface area (Å²) in [6.07, 6.45) is 0. The average Bonchev–Trinajstić information content (AvgIpc) is 1.94. The molecule has 0 radical (unpaired) electrons. The predicted molar refractivity (Wildman–Crippen MR) is 56.8 cm³/mol. The molecule has 0 saturated carbocycles. The van der Waals surface area contributed by atoms with Crippen molar-refractivity contribution in [2.24, 2.45) is 0 Å². The van der Waals surface area contributed by atoms with Crippen molar-refractivity contribution in [2.45, 2.75) is 0 Å². The fourth-order valence-electron chi connectivity index (χ4n) is 0.840. The Hall–Kier alpha value is -1.09. The molecule has 0 spiro atoms. The van der Waals surface area contributed by atoms with E-state index in [0.29, 0.717) is 11.4 Å². The zero-order valence-electron chi connectivity index (χ0n) is 7.24. The number of nitrogens with zero attached hydrogens (tertiary/aromatic N) is 1. The molecule has 1 aromatic rings. The van der Waals surface area contributed by atoms with Gasteiger partial charge in [-0.05, 0) is 18.2 Å². The molecule has 0 aliphatic carbocycles. The van der Waals surface area contributed by atoms with Crippen molar-refractivity contribution in [3.8, 4) is 0 Å². The minimum absolute atomic E-state index is 0. The minimum Gasteiger partial charge on any atom is -0.397 e. The first kappa shape index (κ1) is 10.9. The van der Waals surface area contributed by atoms with Gasteiger partial charge < -0.3 is 16.4 Å². The van der Waals surface area contributed by atoms with Crippen LogP contribution in [0.2, 0.25) is 0 Å². The molecule has 0 aromatic heterocycles. The van der Waals surface area contributed by atoms with Crippen molar-refractivity contribution in [3.05, 3.63) is 18.2 Å². The van der Waals surface area contributed by atoms with Crippen molar-refractivity contribution in [1.29, 1.82) is 0 Å². The lowest BCUT2D eigenvalue weighted by Gasteiger charge is -2.13. The Morgan fingerprint density at radius 2 is 1.67 bits per heavy atom. The van der Waals surface area contributed by atoms with E-state index in [0.717, 1.165) is 5.69 Å². The van der Waals surface area contributed by atoms with Gasteiger partial charge in [0.25, 0.3) is 0 Å². The van der Waals surface area contributed by atoms with E-state index < -0.39 is 0 Å². The van der Waals surface area contributed by atoms with Gasteiger partial charge in [0.1, 0.15) is 0 Å². The molecule has 1 aromatic carbocycles. The number of hydrogen-bond acceptors (Lipinski definition) is 3. The van der Waals surface area contributed by atoms with Gasteiger partial charge in [-0.2, -0.15) is 0 Å². The Bertz CT molecular complexity index is 260. The van der Waals surface area contributed by atoms with Gasteiger partial charge in [0.2, 0.25) is 0 Å². The van der Waals surface area contributed by atoms with Crippen LogP contribution in [0.5, 0.6) is 0 Å². The van der Waals surface area contributed by atoms with Crippen molar-refractivity contribution < 1.29 is 0 Å². The monoisotopic (exact) mass is 187 g/mol. The molecule has 0 unspecified atom stereocenters. The first-order valence-electron chi connectivity index (χ1n) is 3.43. The molecule has 1 rings (SSSR count). The zero-order chi connectivity index (χ0) is 8.43. The fraction of sp³-hybridized carbons (Fsp3) is 0.250. The molecule has 0 atom stereocenters. The third kappa shape index (κ3) is 2.20. The fourth-order valence-corrected chi connectivity index (χ4v) is 0.840. The number of halogens is 1. The predicted octanol–water partition coefficient (Wildman–Crippen LogP) is 1.34. The van der Waals surface area contributed by atoms with E-state index >= 15 is 0 Å². The second kappa shape index (κ2) is 4.07. The van der Waals surface area contributed by atoms with Crippen LogP contribution in [0.25, 0.3) is 0 Å². The SMILES string of the molecule is CN(C)c1ccc(N)c(N)c1.Cl. The molecule has 0 aliphatic rings. The zero-order valence-corrected chi connectivity index (χ0v) is 8.06. The first-order valence-corrected chi connectivity index (χ1v) is 3.43. The molecule has 68 valence electrons. The summed E-state index contributed by atoms with van der Waals surface area (Å²) in [6.45, 7) is 0. The van der Waals surface area contributed by atoms with Crippen LogP contribution in [0.4, 0.5) is 17.1 Å². The minimum atomic E-state index is 0. The van der Waals surface area contributed by atoms with E-state index in [-0.39, 0.29) is 12.4 Å². The van der Waals surface area contributed by atoms with E-state index in [2.05, 4.69) is 0 Å². The van der Waals surface area contributed by atoms with Gasteiger partial charge >= 0.3 is 0 Å².